The van der Waals surface area contributed by atoms with Crippen LogP contribution in [0.25, 0.3) is 0 Å². The average molecular weight is 226 g/mol. The molecule has 3 heteroatoms. The largest absolute Gasteiger partial charge is 0.396 e. The number of unbranched alkanes of at least 4 members (excludes halogenated alkanes) is 3. The van der Waals surface area contributed by atoms with Crippen molar-refractivity contribution in [3.05, 3.63) is 0 Å². The van der Waals surface area contributed by atoms with Crippen LogP contribution in [0, 0.1) is 16.7 Å². The number of aliphatic hydroxyl groups is 1. The summed E-state index contributed by atoms with van der Waals surface area (Å²) in [6.45, 7) is 6.39. The van der Waals surface area contributed by atoms with Gasteiger partial charge in [0.1, 0.15) is 0 Å². The van der Waals surface area contributed by atoms with Crippen molar-refractivity contribution >= 4 is 0 Å². The van der Waals surface area contributed by atoms with Gasteiger partial charge in [0.2, 0.25) is 0 Å². The molecule has 16 heavy (non-hydrogen) atoms. The highest BCUT2D eigenvalue weighted by atomic mass is 16.2. The average Bonchev–Trinajstić information content (AvgIpc) is 2.27. The van der Waals surface area contributed by atoms with Gasteiger partial charge in [0.25, 0.3) is 0 Å². The fourth-order valence-electron chi connectivity index (χ4n) is 1.54. The molecule has 0 bridgehead atoms. The Labute approximate surface area is 99.9 Å². The second-order valence-corrected chi connectivity index (χ2v) is 4.99. The number of rotatable bonds is 10. The van der Waals surface area contributed by atoms with Gasteiger partial charge in [-0.2, -0.15) is 5.26 Å². The smallest absolute Gasteiger partial charge is 0.0683 e. The van der Waals surface area contributed by atoms with E-state index in [-0.39, 0.29) is 5.41 Å². The van der Waals surface area contributed by atoms with Crippen LogP contribution in [0.2, 0.25) is 0 Å². The molecule has 0 unspecified atom stereocenters. The molecule has 0 saturated heterocycles. The summed E-state index contributed by atoms with van der Waals surface area (Å²) in [6.07, 6.45) is 6.40. The molecule has 0 aliphatic heterocycles. The molecule has 0 aromatic heterocycles. The van der Waals surface area contributed by atoms with Gasteiger partial charge in [0, 0.05) is 6.61 Å². The van der Waals surface area contributed by atoms with Crippen molar-refractivity contribution in [3.8, 4) is 6.07 Å². The fourth-order valence-corrected chi connectivity index (χ4v) is 1.54. The Balaban J connectivity index is 3.14. The summed E-state index contributed by atoms with van der Waals surface area (Å²) in [5, 5.41) is 20.8. The summed E-state index contributed by atoms with van der Waals surface area (Å²) >= 11 is 0. The molecule has 0 amide bonds. The van der Waals surface area contributed by atoms with E-state index in [1.54, 1.807) is 0 Å². The molecule has 2 N–H and O–H groups in total. The van der Waals surface area contributed by atoms with E-state index in [0.717, 1.165) is 51.6 Å². The highest BCUT2D eigenvalue weighted by Crippen LogP contribution is 2.21. The molecule has 0 radical (unpaired) electrons. The lowest BCUT2D eigenvalue weighted by Gasteiger charge is -2.14. The van der Waals surface area contributed by atoms with E-state index < -0.39 is 0 Å². The van der Waals surface area contributed by atoms with Crippen molar-refractivity contribution in [2.75, 3.05) is 19.7 Å². The van der Waals surface area contributed by atoms with Crippen LogP contribution in [0.15, 0.2) is 0 Å². The van der Waals surface area contributed by atoms with E-state index >= 15 is 0 Å². The van der Waals surface area contributed by atoms with E-state index in [1.807, 2.05) is 13.8 Å². The lowest BCUT2D eigenvalue weighted by molar-refractivity contribution is 0.283. The first-order chi connectivity index (χ1) is 7.62. The van der Waals surface area contributed by atoms with Gasteiger partial charge < -0.3 is 10.4 Å². The minimum Gasteiger partial charge on any atom is -0.396 e. The number of aliphatic hydroxyl groups excluding tert-OH is 1. The highest BCUT2D eigenvalue weighted by Gasteiger charge is 2.14. The number of nitriles is 1. The van der Waals surface area contributed by atoms with Crippen LogP contribution in [0.1, 0.15) is 52.4 Å². The van der Waals surface area contributed by atoms with Crippen LogP contribution in [0.3, 0.4) is 0 Å². The second-order valence-electron chi connectivity index (χ2n) is 4.99. The molecule has 0 saturated carbocycles. The van der Waals surface area contributed by atoms with Crippen LogP contribution in [0.4, 0.5) is 0 Å². The van der Waals surface area contributed by atoms with Crippen LogP contribution in [-0.4, -0.2) is 24.8 Å². The van der Waals surface area contributed by atoms with E-state index in [2.05, 4.69) is 11.4 Å². The first kappa shape index (κ1) is 15.4. The first-order valence-corrected chi connectivity index (χ1v) is 6.35. The molecule has 0 rings (SSSR count). The summed E-state index contributed by atoms with van der Waals surface area (Å²) in [5.41, 5.74) is -0.166. The zero-order valence-electron chi connectivity index (χ0n) is 10.8. The molecular formula is C13H26N2O. The van der Waals surface area contributed by atoms with Gasteiger partial charge in [-0.3, -0.25) is 0 Å². The van der Waals surface area contributed by atoms with E-state index in [0.29, 0.717) is 6.61 Å². The summed E-state index contributed by atoms with van der Waals surface area (Å²) in [6, 6.07) is 2.32. The Morgan fingerprint density at radius 1 is 1.06 bits per heavy atom. The Hall–Kier alpha value is -0.590. The van der Waals surface area contributed by atoms with Crippen molar-refractivity contribution in [1.82, 2.24) is 5.32 Å². The molecule has 94 valence electrons. The second kappa shape index (κ2) is 9.62. The third-order valence-corrected chi connectivity index (χ3v) is 2.72. The molecule has 0 spiro atoms. The minimum atomic E-state index is -0.166. The van der Waals surface area contributed by atoms with E-state index in [9.17, 15) is 0 Å². The Morgan fingerprint density at radius 3 is 2.25 bits per heavy atom. The molecule has 0 atom stereocenters. The lowest BCUT2D eigenvalue weighted by atomic mass is 9.89. The van der Waals surface area contributed by atoms with Crippen LogP contribution in [0.5, 0.6) is 0 Å². The van der Waals surface area contributed by atoms with Gasteiger partial charge in [-0.15, -0.1) is 0 Å². The Morgan fingerprint density at radius 2 is 1.69 bits per heavy atom. The Kier molecular flexibility index (Phi) is 9.27. The standard InChI is InChI=1S/C13H26N2O/c1-13(2,12-14)8-4-6-10-15-9-5-3-7-11-16/h15-16H,3-11H2,1-2H3. The molecule has 0 aliphatic carbocycles. The van der Waals surface area contributed by atoms with Crippen molar-refractivity contribution in [1.29, 1.82) is 5.26 Å². The van der Waals surface area contributed by atoms with Gasteiger partial charge >= 0.3 is 0 Å². The predicted molar refractivity (Wildman–Crippen MR) is 67.1 cm³/mol. The number of nitrogens with zero attached hydrogens (tertiary/aromatic N) is 1. The molecule has 0 aromatic rings. The quantitative estimate of drug-likeness (QED) is 0.563. The molecular weight excluding hydrogens is 200 g/mol. The van der Waals surface area contributed by atoms with Crippen LogP contribution >= 0.6 is 0 Å². The zero-order valence-corrected chi connectivity index (χ0v) is 10.8. The highest BCUT2D eigenvalue weighted by molar-refractivity contribution is 4.91. The predicted octanol–water partition coefficient (Wildman–Crippen LogP) is 2.46. The SMILES string of the molecule is CC(C)(C#N)CCCCNCCCCCO. The monoisotopic (exact) mass is 226 g/mol. The molecule has 0 fully saturated rings. The normalized spacial score (nSPS) is 11.4. The van der Waals surface area contributed by atoms with Crippen LogP contribution < -0.4 is 5.32 Å². The van der Waals surface area contributed by atoms with Gasteiger partial charge in [-0.25, -0.2) is 0 Å². The Bertz CT molecular complexity index is 197. The zero-order chi connectivity index (χ0) is 12.3. The lowest BCUT2D eigenvalue weighted by Crippen LogP contribution is -2.17. The van der Waals surface area contributed by atoms with Gasteiger partial charge in [-0.05, 0) is 59.0 Å². The molecule has 0 aliphatic rings. The van der Waals surface area contributed by atoms with Crippen molar-refractivity contribution in [2.24, 2.45) is 5.41 Å². The first-order valence-electron chi connectivity index (χ1n) is 6.35. The maximum Gasteiger partial charge on any atom is 0.0683 e. The van der Waals surface area contributed by atoms with Crippen molar-refractivity contribution in [2.45, 2.75) is 52.4 Å². The van der Waals surface area contributed by atoms with E-state index in [1.165, 1.54) is 0 Å². The topological polar surface area (TPSA) is 56.0 Å². The van der Waals surface area contributed by atoms with Gasteiger partial charge in [-0.1, -0.05) is 6.42 Å². The summed E-state index contributed by atoms with van der Waals surface area (Å²) in [4.78, 5) is 0. The third-order valence-electron chi connectivity index (χ3n) is 2.72. The van der Waals surface area contributed by atoms with Gasteiger partial charge in [0.15, 0.2) is 0 Å². The third kappa shape index (κ3) is 9.95. The van der Waals surface area contributed by atoms with Crippen LogP contribution in [-0.2, 0) is 0 Å². The molecule has 0 aromatic carbocycles. The van der Waals surface area contributed by atoms with E-state index in [4.69, 9.17) is 10.4 Å². The molecule has 3 nitrogen and oxygen atoms in total. The number of hydrogen-bond acceptors (Lipinski definition) is 3. The molecule has 0 heterocycles. The summed E-state index contributed by atoms with van der Waals surface area (Å²) in [7, 11) is 0. The van der Waals surface area contributed by atoms with Crippen molar-refractivity contribution < 1.29 is 5.11 Å². The maximum atomic E-state index is 8.83. The van der Waals surface area contributed by atoms with Crippen molar-refractivity contribution in [3.63, 3.8) is 0 Å². The summed E-state index contributed by atoms with van der Waals surface area (Å²) < 4.78 is 0. The van der Waals surface area contributed by atoms with Gasteiger partial charge in [0.05, 0.1) is 11.5 Å². The number of nitrogens with one attached hydrogen (secondary N) is 1. The number of hydrogen-bond donors (Lipinski definition) is 2. The minimum absolute atomic E-state index is 0.166. The maximum absolute atomic E-state index is 8.83. The summed E-state index contributed by atoms with van der Waals surface area (Å²) in [5.74, 6) is 0. The fraction of sp³-hybridized carbons (Fsp3) is 0.923.